The van der Waals surface area contributed by atoms with E-state index in [-0.39, 0.29) is 11.9 Å². The van der Waals surface area contributed by atoms with Crippen LogP contribution in [-0.2, 0) is 6.54 Å². The normalized spacial score (nSPS) is 23.8. The van der Waals surface area contributed by atoms with Gasteiger partial charge in [-0.1, -0.05) is 30.3 Å². The van der Waals surface area contributed by atoms with Gasteiger partial charge >= 0.3 is 0 Å². The molecule has 2 aliphatic rings. The molecular weight excluding hydrogens is 300 g/mol. The lowest BCUT2D eigenvalue weighted by Gasteiger charge is -2.36. The van der Waals surface area contributed by atoms with Gasteiger partial charge in [-0.25, -0.2) is 0 Å². The zero-order valence-electron chi connectivity index (χ0n) is 13.9. The van der Waals surface area contributed by atoms with Crippen molar-refractivity contribution in [1.82, 2.24) is 20.0 Å². The predicted octanol–water partition coefficient (Wildman–Crippen LogP) is 2.29. The van der Waals surface area contributed by atoms with Crippen LogP contribution >= 0.6 is 0 Å². The summed E-state index contributed by atoms with van der Waals surface area (Å²) in [5, 5.41) is 7.59. The molecule has 1 N–H and O–H groups in total. The summed E-state index contributed by atoms with van der Waals surface area (Å²) in [7, 11) is 0. The molecule has 2 fully saturated rings. The maximum absolute atomic E-state index is 12.6. The third kappa shape index (κ3) is 3.22. The first-order valence-corrected chi connectivity index (χ1v) is 8.91. The Morgan fingerprint density at radius 1 is 1.17 bits per heavy atom. The highest BCUT2D eigenvalue weighted by Crippen LogP contribution is 2.27. The van der Waals surface area contributed by atoms with Crippen molar-refractivity contribution in [3.05, 3.63) is 53.9 Å². The highest BCUT2D eigenvalue weighted by atomic mass is 16.1. The molecule has 24 heavy (non-hydrogen) atoms. The van der Waals surface area contributed by atoms with E-state index >= 15 is 0 Å². The third-order valence-corrected chi connectivity index (χ3v) is 5.24. The molecule has 0 aliphatic carbocycles. The van der Waals surface area contributed by atoms with Gasteiger partial charge in [0.2, 0.25) is 0 Å². The molecule has 2 saturated heterocycles. The second-order valence-corrected chi connectivity index (χ2v) is 6.88. The number of carbonyl (C=O) groups is 1. The van der Waals surface area contributed by atoms with Crippen LogP contribution in [0.4, 0.5) is 0 Å². The number of piperidine rings is 1. The number of amides is 1. The van der Waals surface area contributed by atoms with E-state index in [9.17, 15) is 4.79 Å². The maximum atomic E-state index is 12.6. The van der Waals surface area contributed by atoms with Crippen molar-refractivity contribution >= 4 is 5.91 Å². The van der Waals surface area contributed by atoms with Gasteiger partial charge in [0.15, 0.2) is 0 Å². The summed E-state index contributed by atoms with van der Waals surface area (Å²) < 4.78 is 1.83. The predicted molar refractivity (Wildman–Crippen MR) is 92.9 cm³/mol. The SMILES string of the molecule is O=C(N[C@H]1CCCN2CCC[C@@H]12)c1cnn(Cc2ccccc2)c1. The van der Waals surface area contributed by atoms with Crippen molar-refractivity contribution in [3.63, 3.8) is 0 Å². The minimum Gasteiger partial charge on any atom is -0.348 e. The van der Waals surface area contributed by atoms with E-state index in [1.807, 2.05) is 29.1 Å². The van der Waals surface area contributed by atoms with E-state index in [2.05, 4.69) is 27.4 Å². The summed E-state index contributed by atoms with van der Waals surface area (Å²) in [5.74, 6) is 0.00746. The lowest BCUT2D eigenvalue weighted by atomic mass is 9.96. The number of benzene rings is 1. The number of hydrogen-bond acceptors (Lipinski definition) is 3. The Bertz CT molecular complexity index is 696. The van der Waals surface area contributed by atoms with Crippen LogP contribution in [0.5, 0.6) is 0 Å². The molecule has 126 valence electrons. The topological polar surface area (TPSA) is 50.2 Å². The van der Waals surface area contributed by atoms with Gasteiger partial charge in [-0.3, -0.25) is 14.4 Å². The van der Waals surface area contributed by atoms with Gasteiger partial charge in [0.1, 0.15) is 0 Å². The Morgan fingerprint density at radius 3 is 2.79 bits per heavy atom. The molecule has 4 rings (SSSR count). The minimum atomic E-state index is 0.00746. The molecule has 1 amide bonds. The Balaban J connectivity index is 1.40. The summed E-state index contributed by atoms with van der Waals surface area (Å²) >= 11 is 0. The second-order valence-electron chi connectivity index (χ2n) is 6.88. The lowest BCUT2D eigenvalue weighted by molar-refractivity contribution is 0.0868. The van der Waals surface area contributed by atoms with E-state index in [4.69, 9.17) is 0 Å². The average Bonchev–Trinajstić information content (AvgIpc) is 3.25. The Labute approximate surface area is 142 Å². The largest absolute Gasteiger partial charge is 0.348 e. The fourth-order valence-corrected chi connectivity index (χ4v) is 4.05. The number of rotatable bonds is 4. The van der Waals surface area contributed by atoms with Gasteiger partial charge in [0.05, 0.1) is 18.3 Å². The molecule has 0 radical (unpaired) electrons. The lowest BCUT2D eigenvalue weighted by Crippen LogP contribution is -2.52. The summed E-state index contributed by atoms with van der Waals surface area (Å²) in [4.78, 5) is 15.1. The molecule has 3 heterocycles. The average molecular weight is 324 g/mol. The van der Waals surface area contributed by atoms with Crippen molar-refractivity contribution in [3.8, 4) is 0 Å². The van der Waals surface area contributed by atoms with Crippen molar-refractivity contribution in [2.24, 2.45) is 0 Å². The highest BCUT2D eigenvalue weighted by molar-refractivity contribution is 5.93. The van der Waals surface area contributed by atoms with Gasteiger partial charge in [0.25, 0.3) is 5.91 Å². The fraction of sp³-hybridized carbons (Fsp3) is 0.474. The second kappa shape index (κ2) is 6.77. The van der Waals surface area contributed by atoms with Crippen LogP contribution < -0.4 is 5.32 Å². The van der Waals surface area contributed by atoms with Crippen molar-refractivity contribution in [2.75, 3.05) is 13.1 Å². The van der Waals surface area contributed by atoms with E-state index in [1.54, 1.807) is 6.20 Å². The zero-order chi connectivity index (χ0) is 16.4. The molecular formula is C19H24N4O. The van der Waals surface area contributed by atoms with Crippen molar-refractivity contribution in [2.45, 2.75) is 44.3 Å². The Kier molecular flexibility index (Phi) is 4.34. The van der Waals surface area contributed by atoms with E-state index in [0.29, 0.717) is 18.2 Å². The molecule has 1 aromatic heterocycles. The molecule has 2 aliphatic heterocycles. The van der Waals surface area contributed by atoms with Gasteiger partial charge in [-0.05, 0) is 44.3 Å². The first-order chi connectivity index (χ1) is 11.8. The smallest absolute Gasteiger partial charge is 0.254 e. The minimum absolute atomic E-state index is 0.00746. The monoisotopic (exact) mass is 324 g/mol. The Hall–Kier alpha value is -2.14. The highest BCUT2D eigenvalue weighted by Gasteiger charge is 2.35. The van der Waals surface area contributed by atoms with Crippen LogP contribution in [0.3, 0.4) is 0 Å². The maximum Gasteiger partial charge on any atom is 0.254 e. The van der Waals surface area contributed by atoms with Crippen LogP contribution in [0.1, 0.15) is 41.6 Å². The first kappa shape index (κ1) is 15.4. The van der Waals surface area contributed by atoms with E-state index in [0.717, 1.165) is 6.42 Å². The van der Waals surface area contributed by atoms with Gasteiger partial charge in [-0.15, -0.1) is 0 Å². The van der Waals surface area contributed by atoms with Crippen LogP contribution in [-0.4, -0.2) is 45.8 Å². The Morgan fingerprint density at radius 2 is 1.96 bits per heavy atom. The summed E-state index contributed by atoms with van der Waals surface area (Å²) in [6.07, 6.45) is 8.25. The fourth-order valence-electron chi connectivity index (χ4n) is 4.05. The first-order valence-electron chi connectivity index (χ1n) is 8.91. The molecule has 0 bridgehead atoms. The molecule has 2 aromatic rings. The summed E-state index contributed by atoms with van der Waals surface area (Å²) in [6, 6.07) is 11.0. The quantitative estimate of drug-likeness (QED) is 0.939. The molecule has 0 unspecified atom stereocenters. The molecule has 0 saturated carbocycles. The third-order valence-electron chi connectivity index (χ3n) is 5.24. The van der Waals surface area contributed by atoms with E-state index < -0.39 is 0 Å². The molecule has 2 atom stereocenters. The summed E-state index contributed by atoms with van der Waals surface area (Å²) in [5.41, 5.74) is 1.84. The van der Waals surface area contributed by atoms with Gasteiger partial charge in [-0.2, -0.15) is 5.10 Å². The van der Waals surface area contributed by atoms with Crippen molar-refractivity contribution < 1.29 is 4.79 Å². The number of aromatic nitrogens is 2. The standard InChI is InChI=1S/C19H24N4O/c24-19(21-17-8-4-10-22-11-5-9-18(17)22)16-12-20-23(14-16)13-15-6-2-1-3-7-15/h1-3,6-7,12,14,17-18H,4-5,8-11,13H2,(H,21,24)/t17-,18-/m0/s1. The van der Waals surface area contributed by atoms with Gasteiger partial charge in [0, 0.05) is 18.3 Å². The molecule has 5 heteroatoms. The zero-order valence-corrected chi connectivity index (χ0v) is 13.9. The van der Waals surface area contributed by atoms with Crippen molar-refractivity contribution in [1.29, 1.82) is 0 Å². The molecule has 0 spiro atoms. The van der Waals surface area contributed by atoms with Crippen LogP contribution in [0.25, 0.3) is 0 Å². The van der Waals surface area contributed by atoms with Crippen LogP contribution in [0, 0.1) is 0 Å². The number of hydrogen-bond donors (Lipinski definition) is 1. The molecule has 5 nitrogen and oxygen atoms in total. The van der Waals surface area contributed by atoms with Crippen LogP contribution in [0.2, 0.25) is 0 Å². The molecule has 1 aromatic carbocycles. The summed E-state index contributed by atoms with van der Waals surface area (Å²) in [6.45, 7) is 3.06. The number of nitrogens with one attached hydrogen (secondary N) is 1. The van der Waals surface area contributed by atoms with Crippen LogP contribution in [0.15, 0.2) is 42.7 Å². The van der Waals surface area contributed by atoms with E-state index in [1.165, 1.54) is 37.9 Å². The van der Waals surface area contributed by atoms with Gasteiger partial charge < -0.3 is 5.32 Å². The number of carbonyl (C=O) groups excluding carboxylic acids is 1. The number of fused-ring (bicyclic) bond motifs is 1. The number of nitrogens with zero attached hydrogens (tertiary/aromatic N) is 3.